The molecule has 0 saturated carbocycles. The smallest absolute Gasteiger partial charge is 0.192 e. The number of likely N-dealkylation sites (tertiary alicyclic amines) is 1. The van der Waals surface area contributed by atoms with Crippen molar-refractivity contribution in [2.45, 2.75) is 64.6 Å². The van der Waals surface area contributed by atoms with Gasteiger partial charge < -0.3 is 9.43 Å². The third-order valence-electron chi connectivity index (χ3n) is 4.85. The van der Waals surface area contributed by atoms with E-state index < -0.39 is 8.32 Å². The van der Waals surface area contributed by atoms with E-state index in [1.165, 1.54) is 38.8 Å². The quantitative estimate of drug-likeness (QED) is 0.422. The van der Waals surface area contributed by atoms with Crippen LogP contribution in [0.3, 0.4) is 0 Å². The van der Waals surface area contributed by atoms with Crippen molar-refractivity contribution < 1.29 is 4.43 Å². The molecule has 0 N–H and O–H groups in total. The zero-order chi connectivity index (χ0) is 16.8. The van der Waals surface area contributed by atoms with Gasteiger partial charge in [0.15, 0.2) is 8.32 Å². The summed E-state index contributed by atoms with van der Waals surface area (Å²) in [5.74, 6) is 0. The Morgan fingerprint density at radius 2 is 1.64 bits per heavy atom. The molecule has 4 nitrogen and oxygen atoms in total. The van der Waals surface area contributed by atoms with Crippen molar-refractivity contribution in [3.8, 4) is 0 Å². The van der Waals surface area contributed by atoms with Crippen LogP contribution in [0.1, 0.15) is 46.5 Å². The lowest BCUT2D eigenvalue weighted by Gasteiger charge is -2.36. The molecule has 0 aliphatic carbocycles. The van der Waals surface area contributed by atoms with E-state index in [1.54, 1.807) is 0 Å². The lowest BCUT2D eigenvalue weighted by atomic mass is 10.2. The summed E-state index contributed by atoms with van der Waals surface area (Å²) in [7, 11) is 2.28. The standard InChI is InChI=1S/C17H37N3OSi/c1-17(2,3)22(6,7)21-15-16(18-19(4)5)14-20-12-10-8-9-11-13-20/h8-15H2,1-7H3/b18-16+. The zero-order valence-electron chi connectivity index (χ0n) is 15.9. The first-order chi connectivity index (χ1) is 10.1. The lowest BCUT2D eigenvalue weighted by molar-refractivity contribution is 0.298. The van der Waals surface area contributed by atoms with Gasteiger partial charge >= 0.3 is 0 Å². The van der Waals surface area contributed by atoms with Gasteiger partial charge in [-0.3, -0.25) is 4.90 Å². The minimum Gasteiger partial charge on any atom is -0.411 e. The van der Waals surface area contributed by atoms with E-state index in [0.717, 1.165) is 12.3 Å². The Bertz CT molecular complexity index is 353. The van der Waals surface area contributed by atoms with Crippen molar-refractivity contribution in [3.05, 3.63) is 0 Å². The van der Waals surface area contributed by atoms with Gasteiger partial charge in [0.25, 0.3) is 0 Å². The van der Waals surface area contributed by atoms with Crippen molar-refractivity contribution in [2.75, 3.05) is 40.3 Å². The normalized spacial score (nSPS) is 19.1. The molecule has 0 unspecified atom stereocenters. The molecule has 0 radical (unpaired) electrons. The minimum atomic E-state index is -1.71. The van der Waals surface area contributed by atoms with Gasteiger partial charge in [-0.15, -0.1) is 0 Å². The number of hydrogen-bond acceptors (Lipinski definition) is 4. The summed E-state index contributed by atoms with van der Waals surface area (Å²) >= 11 is 0. The summed E-state index contributed by atoms with van der Waals surface area (Å²) < 4.78 is 6.38. The van der Waals surface area contributed by atoms with E-state index >= 15 is 0 Å². The van der Waals surface area contributed by atoms with Crippen LogP contribution < -0.4 is 0 Å². The topological polar surface area (TPSA) is 28.1 Å². The first-order valence-corrected chi connectivity index (χ1v) is 11.6. The maximum Gasteiger partial charge on any atom is 0.192 e. The summed E-state index contributed by atoms with van der Waals surface area (Å²) in [6.45, 7) is 15.5. The van der Waals surface area contributed by atoms with Crippen LogP contribution in [0.5, 0.6) is 0 Å². The molecule has 1 heterocycles. The lowest BCUT2D eigenvalue weighted by Crippen LogP contribution is -2.43. The molecule has 1 aliphatic rings. The molecular formula is C17H37N3OSi. The van der Waals surface area contributed by atoms with E-state index in [2.05, 4.69) is 38.8 Å². The van der Waals surface area contributed by atoms with Crippen LogP contribution in [0.4, 0.5) is 0 Å². The first-order valence-electron chi connectivity index (χ1n) is 8.72. The molecule has 22 heavy (non-hydrogen) atoms. The Morgan fingerprint density at radius 3 is 2.09 bits per heavy atom. The Kier molecular flexibility index (Phi) is 7.55. The van der Waals surface area contributed by atoms with Crippen LogP contribution in [0.25, 0.3) is 0 Å². The maximum atomic E-state index is 6.38. The van der Waals surface area contributed by atoms with E-state index in [1.807, 2.05) is 19.1 Å². The minimum absolute atomic E-state index is 0.249. The van der Waals surface area contributed by atoms with Crippen molar-refractivity contribution in [3.63, 3.8) is 0 Å². The number of rotatable bonds is 6. The van der Waals surface area contributed by atoms with Gasteiger partial charge in [0.1, 0.15) is 0 Å². The van der Waals surface area contributed by atoms with Gasteiger partial charge in [-0.05, 0) is 44.1 Å². The fourth-order valence-corrected chi connectivity index (χ4v) is 3.38. The van der Waals surface area contributed by atoms with Gasteiger partial charge in [0, 0.05) is 20.6 Å². The molecule has 0 atom stereocenters. The fourth-order valence-electron chi connectivity index (χ4n) is 2.42. The van der Waals surface area contributed by atoms with Gasteiger partial charge in [-0.25, -0.2) is 0 Å². The molecule has 0 spiro atoms. The molecule has 0 aromatic heterocycles. The average molecular weight is 328 g/mol. The van der Waals surface area contributed by atoms with E-state index in [-0.39, 0.29) is 5.04 Å². The SMILES string of the molecule is CN(C)/N=C(/CO[Si](C)(C)C(C)(C)C)CN1CCCCCC1. The highest BCUT2D eigenvalue weighted by molar-refractivity contribution is 6.74. The Hall–Kier alpha value is -0.393. The highest BCUT2D eigenvalue weighted by Crippen LogP contribution is 2.36. The Morgan fingerprint density at radius 1 is 1.09 bits per heavy atom. The fraction of sp³-hybridized carbons (Fsp3) is 0.941. The van der Waals surface area contributed by atoms with Crippen LogP contribution in [0, 0.1) is 0 Å². The zero-order valence-corrected chi connectivity index (χ0v) is 16.9. The second kappa shape index (κ2) is 8.46. The highest BCUT2D eigenvalue weighted by Gasteiger charge is 2.37. The van der Waals surface area contributed by atoms with E-state index in [0.29, 0.717) is 6.61 Å². The molecule has 1 aliphatic heterocycles. The molecule has 0 bridgehead atoms. The van der Waals surface area contributed by atoms with E-state index in [9.17, 15) is 0 Å². The van der Waals surface area contributed by atoms with E-state index in [4.69, 9.17) is 9.53 Å². The highest BCUT2D eigenvalue weighted by atomic mass is 28.4. The molecule has 0 aromatic rings. The average Bonchev–Trinajstić information content (AvgIpc) is 2.62. The van der Waals surface area contributed by atoms with Crippen LogP contribution in [0.15, 0.2) is 5.10 Å². The Labute approximate surface area is 139 Å². The van der Waals surface area contributed by atoms with Gasteiger partial charge in [0.05, 0.1) is 12.3 Å². The number of nitrogens with zero attached hydrogens (tertiary/aromatic N) is 3. The van der Waals surface area contributed by atoms with Gasteiger partial charge in [-0.2, -0.15) is 5.10 Å². The largest absolute Gasteiger partial charge is 0.411 e. The number of hydrogen-bond donors (Lipinski definition) is 0. The third kappa shape index (κ3) is 6.80. The van der Waals surface area contributed by atoms with Crippen molar-refractivity contribution in [1.82, 2.24) is 9.91 Å². The van der Waals surface area contributed by atoms with Crippen LogP contribution in [-0.4, -0.2) is 64.3 Å². The molecule has 0 amide bonds. The molecule has 1 rings (SSSR count). The van der Waals surface area contributed by atoms with Crippen molar-refractivity contribution in [2.24, 2.45) is 5.10 Å². The molecule has 130 valence electrons. The third-order valence-corrected chi connectivity index (χ3v) is 9.33. The summed E-state index contributed by atoms with van der Waals surface area (Å²) in [4.78, 5) is 2.55. The predicted octanol–water partition coefficient (Wildman–Crippen LogP) is 3.80. The molecule has 1 fully saturated rings. The first kappa shape index (κ1) is 19.7. The summed E-state index contributed by atoms with van der Waals surface area (Å²) in [6.07, 6.45) is 5.38. The molecule has 0 aromatic carbocycles. The monoisotopic (exact) mass is 327 g/mol. The Balaban J connectivity index is 2.65. The maximum absolute atomic E-state index is 6.38. The summed E-state index contributed by atoms with van der Waals surface area (Å²) in [6, 6.07) is 0. The van der Waals surface area contributed by atoms with Crippen molar-refractivity contribution in [1.29, 1.82) is 0 Å². The molecular weight excluding hydrogens is 290 g/mol. The predicted molar refractivity (Wildman–Crippen MR) is 99.2 cm³/mol. The van der Waals surface area contributed by atoms with Gasteiger partial charge in [0.2, 0.25) is 0 Å². The molecule has 1 saturated heterocycles. The summed E-state index contributed by atoms with van der Waals surface area (Å²) in [5, 5.41) is 6.85. The summed E-state index contributed by atoms with van der Waals surface area (Å²) in [5.41, 5.74) is 1.16. The molecule has 5 heteroatoms. The van der Waals surface area contributed by atoms with Crippen LogP contribution in [-0.2, 0) is 4.43 Å². The second-order valence-corrected chi connectivity index (χ2v) is 13.1. The van der Waals surface area contributed by atoms with Crippen LogP contribution >= 0.6 is 0 Å². The van der Waals surface area contributed by atoms with Crippen LogP contribution in [0.2, 0.25) is 18.1 Å². The number of hydrazone groups is 1. The van der Waals surface area contributed by atoms with Gasteiger partial charge in [-0.1, -0.05) is 33.6 Å². The van der Waals surface area contributed by atoms with Crippen molar-refractivity contribution >= 4 is 14.0 Å². The second-order valence-electron chi connectivity index (χ2n) is 8.25.